The first-order valence-corrected chi connectivity index (χ1v) is 16.3. The maximum Gasteiger partial charge on any atom is 0.322 e. The second-order valence-corrected chi connectivity index (χ2v) is 13.7. The summed E-state index contributed by atoms with van der Waals surface area (Å²) in [4.78, 5) is 53.5. The van der Waals surface area contributed by atoms with E-state index in [4.69, 9.17) is 9.84 Å². The number of amides is 3. The van der Waals surface area contributed by atoms with Crippen LogP contribution in [-0.4, -0.2) is 86.7 Å². The number of fused-ring (bicyclic) bond motifs is 4. The lowest BCUT2D eigenvalue weighted by Gasteiger charge is -2.62. The summed E-state index contributed by atoms with van der Waals surface area (Å²) in [5, 5.41) is 41.0. The van der Waals surface area contributed by atoms with Crippen LogP contribution < -0.4 is 20.7 Å². The number of aromatic amines is 1. The molecule has 1 aromatic heterocycles. The van der Waals surface area contributed by atoms with Crippen molar-refractivity contribution in [2.75, 3.05) is 31.5 Å². The van der Waals surface area contributed by atoms with E-state index in [1.54, 1.807) is 12.1 Å². The Balaban J connectivity index is 1.06. The van der Waals surface area contributed by atoms with E-state index >= 15 is 0 Å². The molecule has 13 heteroatoms. The van der Waals surface area contributed by atoms with E-state index in [1.165, 1.54) is 12.8 Å². The van der Waals surface area contributed by atoms with Gasteiger partial charge in [0.15, 0.2) is 17.6 Å². The van der Waals surface area contributed by atoms with E-state index in [9.17, 15) is 29.4 Å². The van der Waals surface area contributed by atoms with E-state index in [0.717, 1.165) is 40.9 Å². The smallest absolute Gasteiger partial charge is 0.322 e. The summed E-state index contributed by atoms with van der Waals surface area (Å²) < 4.78 is 6.66. The standard InChI is InChI=1S/C34H37N5O8/c40-22-7-6-18-12-23-34(46)13-20-19-2-1-3-21(37-26(43)14-35-24(41)8-9-25(42)36-15-27(44)45)29(19)38-30(20)32-33(34,28(18)31(22)47-32)10-11-39(23)16-17-4-5-17/h1-3,6-7,17,23,32,38,40,46H,4-5,8-16H2,(H,35,41)(H,36,42)(H,37,43)(H,44,45)/t23-,32+,33+,34-/m1/s1. The summed E-state index contributed by atoms with van der Waals surface area (Å²) in [6, 6.07) is 9.14. The fourth-order valence-corrected chi connectivity index (χ4v) is 8.70. The summed E-state index contributed by atoms with van der Waals surface area (Å²) in [7, 11) is 0. The number of ether oxygens (including phenoxy) is 1. The molecule has 3 heterocycles. The molecule has 4 atom stereocenters. The van der Waals surface area contributed by atoms with E-state index in [2.05, 4.69) is 25.8 Å². The topological polar surface area (TPSA) is 193 Å². The first-order valence-electron chi connectivity index (χ1n) is 16.3. The molecule has 5 aliphatic rings. The van der Waals surface area contributed by atoms with Crippen LogP contribution in [-0.2, 0) is 37.4 Å². The van der Waals surface area contributed by atoms with Crippen molar-refractivity contribution in [1.82, 2.24) is 20.5 Å². The third-order valence-electron chi connectivity index (χ3n) is 10.9. The van der Waals surface area contributed by atoms with Crippen molar-refractivity contribution in [1.29, 1.82) is 0 Å². The van der Waals surface area contributed by atoms with Gasteiger partial charge < -0.3 is 41.0 Å². The maximum absolute atomic E-state index is 13.0. The molecule has 3 aromatic rings. The lowest BCUT2D eigenvalue weighted by molar-refractivity contribution is -0.173. The van der Waals surface area contributed by atoms with E-state index in [1.807, 2.05) is 18.2 Å². The number of H-pyrrole nitrogens is 1. The molecule has 13 nitrogen and oxygen atoms in total. The Labute approximate surface area is 269 Å². The van der Waals surface area contributed by atoms with Crippen LogP contribution in [0.25, 0.3) is 10.9 Å². The summed E-state index contributed by atoms with van der Waals surface area (Å²) in [6.45, 7) is 0.962. The van der Waals surface area contributed by atoms with Crippen molar-refractivity contribution >= 4 is 40.3 Å². The minimum Gasteiger partial charge on any atom is -0.504 e. The number of hydrogen-bond acceptors (Lipinski definition) is 8. The molecular formula is C34H37N5O8. The van der Waals surface area contributed by atoms with Crippen LogP contribution in [0.15, 0.2) is 30.3 Å². The van der Waals surface area contributed by atoms with Gasteiger partial charge in [-0.1, -0.05) is 18.2 Å². The largest absolute Gasteiger partial charge is 0.504 e. The number of carboxylic acids is 1. The molecule has 1 spiro atoms. The number of phenolic OH excluding ortho intramolecular Hbond substituents is 1. The van der Waals surface area contributed by atoms with Crippen molar-refractivity contribution in [2.45, 2.75) is 68.1 Å². The highest BCUT2D eigenvalue weighted by Crippen LogP contribution is 2.69. The molecule has 2 bridgehead atoms. The number of benzene rings is 2. The number of nitrogens with zero attached hydrogens (tertiary/aromatic N) is 1. The number of carbonyl (C=O) groups is 4. The monoisotopic (exact) mass is 643 g/mol. The van der Waals surface area contributed by atoms with Gasteiger partial charge in [0.05, 0.1) is 34.5 Å². The number of piperidine rings is 1. The average Bonchev–Trinajstić information content (AvgIpc) is 3.68. The number of aliphatic hydroxyl groups is 1. The molecule has 2 fully saturated rings. The molecule has 2 aliphatic heterocycles. The number of nitrogens with one attached hydrogen (secondary N) is 4. The molecule has 1 saturated heterocycles. The van der Waals surface area contributed by atoms with Crippen molar-refractivity contribution in [3.05, 3.63) is 52.7 Å². The Hall–Kier alpha value is -4.62. The number of aliphatic carboxylic acids is 1. The molecule has 2 aromatic carbocycles. The molecule has 47 heavy (non-hydrogen) atoms. The Bertz CT molecular complexity index is 1850. The SMILES string of the molecule is O=C(O)CNC(=O)CCC(=O)NCC(=O)Nc1cccc2c3c([nH]c12)[C@@H]1Oc2c(O)ccc4c2[C@@]12CCN(CC1CC1)[C@H](C4)[C@]2(O)C3. The van der Waals surface area contributed by atoms with Gasteiger partial charge in [0.2, 0.25) is 17.7 Å². The number of hydrogen-bond donors (Lipinski definition) is 7. The van der Waals surface area contributed by atoms with Gasteiger partial charge in [0.1, 0.15) is 6.54 Å². The van der Waals surface area contributed by atoms with Gasteiger partial charge in [-0.3, -0.25) is 24.1 Å². The van der Waals surface area contributed by atoms with Crippen molar-refractivity contribution in [3.8, 4) is 11.5 Å². The van der Waals surface area contributed by atoms with Gasteiger partial charge in [-0.2, -0.15) is 0 Å². The molecule has 3 amide bonds. The van der Waals surface area contributed by atoms with Crippen LogP contribution in [0.3, 0.4) is 0 Å². The zero-order valence-electron chi connectivity index (χ0n) is 25.7. The lowest BCUT2D eigenvalue weighted by Crippen LogP contribution is -2.74. The average molecular weight is 644 g/mol. The Morgan fingerprint density at radius 2 is 1.79 bits per heavy atom. The highest BCUT2D eigenvalue weighted by molar-refractivity contribution is 6.03. The van der Waals surface area contributed by atoms with Crippen LogP contribution in [0.1, 0.15) is 60.6 Å². The van der Waals surface area contributed by atoms with E-state index in [-0.39, 0.29) is 31.2 Å². The Kier molecular flexibility index (Phi) is 6.78. The van der Waals surface area contributed by atoms with Crippen molar-refractivity contribution in [2.24, 2.45) is 5.92 Å². The van der Waals surface area contributed by atoms with E-state index in [0.29, 0.717) is 42.1 Å². The van der Waals surface area contributed by atoms with Gasteiger partial charge in [-0.15, -0.1) is 0 Å². The Morgan fingerprint density at radius 3 is 2.53 bits per heavy atom. The number of carbonyl (C=O) groups excluding carboxylic acids is 3. The first kappa shape index (κ1) is 29.8. The summed E-state index contributed by atoms with van der Waals surface area (Å²) in [6.07, 6.45) is 3.29. The Morgan fingerprint density at radius 1 is 1.02 bits per heavy atom. The number of carboxylic acid groups (broad SMARTS) is 1. The molecular weight excluding hydrogens is 606 g/mol. The second-order valence-electron chi connectivity index (χ2n) is 13.7. The quantitative estimate of drug-likeness (QED) is 0.172. The van der Waals surface area contributed by atoms with Gasteiger partial charge in [-0.25, -0.2) is 0 Å². The van der Waals surface area contributed by atoms with Gasteiger partial charge in [-0.05, 0) is 61.4 Å². The fourth-order valence-electron chi connectivity index (χ4n) is 8.70. The van der Waals surface area contributed by atoms with Crippen LogP contribution in [0.5, 0.6) is 11.5 Å². The molecule has 3 aliphatic carbocycles. The summed E-state index contributed by atoms with van der Waals surface area (Å²) in [5.74, 6) is -1.54. The number of para-hydroxylation sites is 1. The first-order chi connectivity index (χ1) is 22.6. The van der Waals surface area contributed by atoms with E-state index < -0.39 is 47.4 Å². The predicted molar refractivity (Wildman–Crippen MR) is 168 cm³/mol. The molecule has 8 rings (SSSR count). The van der Waals surface area contributed by atoms with Crippen molar-refractivity contribution in [3.63, 3.8) is 0 Å². The number of phenols is 1. The number of aromatic hydroxyl groups is 1. The highest BCUT2D eigenvalue weighted by Gasteiger charge is 2.72. The van der Waals surface area contributed by atoms with Crippen LogP contribution in [0.2, 0.25) is 0 Å². The zero-order valence-corrected chi connectivity index (χ0v) is 25.7. The number of anilines is 1. The minimum atomic E-state index is -1.18. The second kappa shape index (κ2) is 10.7. The summed E-state index contributed by atoms with van der Waals surface area (Å²) in [5.41, 5.74) is 3.14. The summed E-state index contributed by atoms with van der Waals surface area (Å²) >= 11 is 0. The van der Waals surface area contributed by atoms with Crippen LogP contribution in [0.4, 0.5) is 5.69 Å². The lowest BCUT2D eigenvalue weighted by atomic mass is 9.49. The van der Waals surface area contributed by atoms with Crippen molar-refractivity contribution < 1.29 is 39.2 Å². The van der Waals surface area contributed by atoms with Gasteiger partial charge in [0.25, 0.3) is 0 Å². The minimum absolute atomic E-state index is 0.0716. The number of likely N-dealkylation sites (tertiary alicyclic amines) is 1. The predicted octanol–water partition coefficient (Wildman–Crippen LogP) is 1.61. The van der Waals surface area contributed by atoms with Crippen LogP contribution >= 0.6 is 0 Å². The third kappa shape index (κ3) is 4.58. The fraction of sp³-hybridized carbons (Fsp3) is 0.471. The van der Waals surface area contributed by atoms with Crippen LogP contribution in [0, 0.1) is 5.92 Å². The number of rotatable bonds is 10. The molecule has 0 radical (unpaired) electrons. The maximum atomic E-state index is 13.0. The zero-order chi connectivity index (χ0) is 32.7. The highest BCUT2D eigenvalue weighted by atomic mass is 16.5. The normalized spacial score (nSPS) is 26.6. The van der Waals surface area contributed by atoms with Gasteiger partial charge in [0, 0.05) is 42.8 Å². The molecule has 7 N–H and O–H groups in total. The number of aromatic nitrogens is 1. The molecule has 0 unspecified atom stereocenters. The third-order valence-corrected chi connectivity index (χ3v) is 10.9. The molecule has 246 valence electrons. The van der Waals surface area contributed by atoms with Gasteiger partial charge >= 0.3 is 5.97 Å². The molecule has 1 saturated carbocycles.